The number of carbonyl (C=O) groups is 1. The van der Waals surface area contributed by atoms with Gasteiger partial charge >= 0.3 is 0 Å². The molecule has 21 heavy (non-hydrogen) atoms. The van der Waals surface area contributed by atoms with Crippen molar-refractivity contribution in [3.05, 3.63) is 53.9 Å². The molecule has 0 spiro atoms. The van der Waals surface area contributed by atoms with Crippen LogP contribution in [0.2, 0.25) is 0 Å². The fourth-order valence-electron chi connectivity index (χ4n) is 2.07. The average molecular weight is 286 g/mol. The van der Waals surface area contributed by atoms with Gasteiger partial charge in [-0.1, -0.05) is 12.1 Å². The Kier molecular flexibility index (Phi) is 4.77. The quantitative estimate of drug-likeness (QED) is 0.846. The van der Waals surface area contributed by atoms with E-state index in [9.17, 15) is 4.79 Å². The lowest BCUT2D eigenvalue weighted by Crippen LogP contribution is -2.27. The van der Waals surface area contributed by atoms with E-state index in [4.69, 9.17) is 9.47 Å². The number of hydrogen-bond acceptors (Lipinski definition) is 4. The summed E-state index contributed by atoms with van der Waals surface area (Å²) < 4.78 is 10.5. The number of ether oxygens (including phenoxy) is 2. The molecule has 0 radical (unpaired) electrons. The Morgan fingerprint density at radius 2 is 1.95 bits per heavy atom. The first-order valence-electron chi connectivity index (χ1n) is 6.53. The number of benzene rings is 1. The van der Waals surface area contributed by atoms with E-state index < -0.39 is 0 Å². The van der Waals surface area contributed by atoms with E-state index in [1.807, 2.05) is 18.2 Å². The highest BCUT2D eigenvalue weighted by molar-refractivity contribution is 5.97. The molecule has 0 saturated heterocycles. The van der Waals surface area contributed by atoms with E-state index in [1.165, 1.54) is 7.11 Å². The van der Waals surface area contributed by atoms with Crippen LogP contribution in [0.1, 0.15) is 16.1 Å². The summed E-state index contributed by atoms with van der Waals surface area (Å²) in [5, 5.41) is 0. The Morgan fingerprint density at radius 3 is 2.57 bits per heavy atom. The molecule has 0 unspecified atom stereocenters. The zero-order valence-electron chi connectivity index (χ0n) is 12.4. The van der Waals surface area contributed by atoms with Crippen molar-refractivity contribution in [1.82, 2.24) is 9.88 Å². The van der Waals surface area contributed by atoms with Crippen LogP contribution >= 0.6 is 0 Å². The molecule has 0 aliphatic heterocycles. The van der Waals surface area contributed by atoms with Crippen LogP contribution in [0.15, 0.2) is 42.6 Å². The van der Waals surface area contributed by atoms with E-state index in [0.29, 0.717) is 23.6 Å². The number of amides is 1. The second-order valence-electron chi connectivity index (χ2n) is 4.52. The molecule has 2 aromatic rings. The van der Waals surface area contributed by atoms with Gasteiger partial charge in [-0.2, -0.15) is 0 Å². The number of hydrogen-bond donors (Lipinski definition) is 0. The van der Waals surface area contributed by atoms with E-state index in [0.717, 1.165) is 5.69 Å². The Morgan fingerprint density at radius 1 is 1.14 bits per heavy atom. The summed E-state index contributed by atoms with van der Waals surface area (Å²) in [5.41, 5.74) is 1.30. The molecular formula is C16H18N2O3. The van der Waals surface area contributed by atoms with Crippen LogP contribution in [-0.2, 0) is 6.54 Å². The molecule has 0 saturated carbocycles. The topological polar surface area (TPSA) is 51.7 Å². The third-order valence-corrected chi connectivity index (χ3v) is 3.11. The van der Waals surface area contributed by atoms with Crippen molar-refractivity contribution in [2.45, 2.75) is 6.54 Å². The van der Waals surface area contributed by atoms with Gasteiger partial charge in [0.05, 0.1) is 32.0 Å². The van der Waals surface area contributed by atoms with Crippen LogP contribution in [-0.4, -0.2) is 37.1 Å². The maximum absolute atomic E-state index is 12.6. The molecular weight excluding hydrogens is 268 g/mol. The summed E-state index contributed by atoms with van der Waals surface area (Å²) in [7, 11) is 4.80. The molecule has 0 bridgehead atoms. The van der Waals surface area contributed by atoms with Crippen LogP contribution in [0, 0.1) is 0 Å². The van der Waals surface area contributed by atoms with Gasteiger partial charge in [-0.05, 0) is 24.3 Å². The molecule has 1 aromatic heterocycles. The van der Waals surface area contributed by atoms with Gasteiger partial charge in [0.15, 0.2) is 11.5 Å². The zero-order chi connectivity index (χ0) is 15.2. The lowest BCUT2D eigenvalue weighted by molar-refractivity contribution is 0.0779. The summed E-state index contributed by atoms with van der Waals surface area (Å²) in [6.07, 6.45) is 1.71. The van der Waals surface area contributed by atoms with E-state index >= 15 is 0 Å². The Labute approximate surface area is 124 Å². The molecule has 1 heterocycles. The number of methoxy groups -OCH3 is 2. The van der Waals surface area contributed by atoms with Crippen LogP contribution < -0.4 is 9.47 Å². The van der Waals surface area contributed by atoms with Crippen molar-refractivity contribution in [3.63, 3.8) is 0 Å². The zero-order valence-corrected chi connectivity index (χ0v) is 12.4. The number of para-hydroxylation sites is 1. The largest absolute Gasteiger partial charge is 0.493 e. The maximum Gasteiger partial charge on any atom is 0.257 e. The minimum atomic E-state index is -0.142. The van der Waals surface area contributed by atoms with Gasteiger partial charge in [0.25, 0.3) is 5.91 Å². The van der Waals surface area contributed by atoms with Crippen molar-refractivity contribution in [2.24, 2.45) is 0 Å². The minimum absolute atomic E-state index is 0.142. The average Bonchev–Trinajstić information content (AvgIpc) is 2.54. The SMILES string of the molecule is COc1cccc(C(=O)N(C)Cc2ccccn2)c1OC. The van der Waals surface area contributed by atoms with Crippen molar-refractivity contribution in [2.75, 3.05) is 21.3 Å². The fourth-order valence-corrected chi connectivity index (χ4v) is 2.07. The number of rotatable bonds is 5. The summed E-state index contributed by atoms with van der Waals surface area (Å²) in [5.74, 6) is 0.837. The molecule has 0 atom stereocenters. The molecule has 5 heteroatoms. The van der Waals surface area contributed by atoms with Crippen LogP contribution in [0.3, 0.4) is 0 Å². The Hall–Kier alpha value is -2.56. The lowest BCUT2D eigenvalue weighted by Gasteiger charge is -2.19. The van der Waals surface area contributed by atoms with Gasteiger partial charge in [0.1, 0.15) is 0 Å². The smallest absolute Gasteiger partial charge is 0.257 e. The third kappa shape index (κ3) is 3.31. The summed E-state index contributed by atoms with van der Waals surface area (Å²) >= 11 is 0. The van der Waals surface area contributed by atoms with Gasteiger partial charge in [-0.3, -0.25) is 9.78 Å². The standard InChI is InChI=1S/C16H18N2O3/c1-18(11-12-7-4-5-10-17-12)16(19)13-8-6-9-14(20-2)15(13)21-3/h4-10H,11H2,1-3H3. The Bertz CT molecular complexity index is 614. The van der Waals surface area contributed by atoms with E-state index in [-0.39, 0.29) is 5.91 Å². The number of aromatic nitrogens is 1. The highest BCUT2D eigenvalue weighted by atomic mass is 16.5. The Balaban J connectivity index is 2.23. The second-order valence-corrected chi connectivity index (χ2v) is 4.52. The van der Waals surface area contributed by atoms with Crippen molar-refractivity contribution in [1.29, 1.82) is 0 Å². The van der Waals surface area contributed by atoms with Gasteiger partial charge < -0.3 is 14.4 Å². The molecule has 0 fully saturated rings. The normalized spacial score (nSPS) is 10.0. The highest BCUT2D eigenvalue weighted by Crippen LogP contribution is 2.31. The van der Waals surface area contributed by atoms with Gasteiger partial charge in [0.2, 0.25) is 0 Å². The van der Waals surface area contributed by atoms with Crippen LogP contribution in [0.5, 0.6) is 11.5 Å². The molecule has 110 valence electrons. The second kappa shape index (κ2) is 6.74. The van der Waals surface area contributed by atoms with Crippen molar-refractivity contribution < 1.29 is 14.3 Å². The predicted octanol–water partition coefficient (Wildman–Crippen LogP) is 2.37. The number of carbonyl (C=O) groups excluding carboxylic acids is 1. The van der Waals surface area contributed by atoms with Gasteiger partial charge in [0, 0.05) is 13.2 Å². The van der Waals surface area contributed by atoms with E-state index in [2.05, 4.69) is 4.98 Å². The monoisotopic (exact) mass is 286 g/mol. The summed E-state index contributed by atoms with van der Waals surface area (Å²) in [4.78, 5) is 18.4. The van der Waals surface area contributed by atoms with Gasteiger partial charge in [-0.15, -0.1) is 0 Å². The van der Waals surface area contributed by atoms with Crippen molar-refractivity contribution in [3.8, 4) is 11.5 Å². The molecule has 5 nitrogen and oxygen atoms in total. The fraction of sp³-hybridized carbons (Fsp3) is 0.250. The molecule has 2 rings (SSSR count). The molecule has 0 aliphatic rings. The maximum atomic E-state index is 12.6. The molecule has 1 aromatic carbocycles. The molecule has 1 amide bonds. The van der Waals surface area contributed by atoms with Gasteiger partial charge in [-0.25, -0.2) is 0 Å². The first-order chi connectivity index (χ1) is 10.2. The highest BCUT2D eigenvalue weighted by Gasteiger charge is 2.19. The predicted molar refractivity (Wildman–Crippen MR) is 79.6 cm³/mol. The molecule has 0 aliphatic carbocycles. The lowest BCUT2D eigenvalue weighted by atomic mass is 10.1. The first kappa shape index (κ1) is 14.8. The van der Waals surface area contributed by atoms with Crippen molar-refractivity contribution >= 4 is 5.91 Å². The number of pyridine rings is 1. The summed E-state index contributed by atoms with van der Waals surface area (Å²) in [6, 6.07) is 10.9. The van der Waals surface area contributed by atoms with E-state index in [1.54, 1.807) is 43.5 Å². The number of nitrogens with zero attached hydrogens (tertiary/aromatic N) is 2. The third-order valence-electron chi connectivity index (χ3n) is 3.11. The van der Waals surface area contributed by atoms with Crippen LogP contribution in [0.4, 0.5) is 0 Å². The van der Waals surface area contributed by atoms with Crippen LogP contribution in [0.25, 0.3) is 0 Å². The minimum Gasteiger partial charge on any atom is -0.493 e. The summed E-state index contributed by atoms with van der Waals surface area (Å²) in [6.45, 7) is 0.431. The first-order valence-corrected chi connectivity index (χ1v) is 6.53. The molecule has 0 N–H and O–H groups in total.